The molecule has 0 rings (SSSR count). The van der Waals surface area contributed by atoms with Gasteiger partial charge in [0, 0.05) is 0 Å². The smallest absolute Gasteiger partial charge is 0.0675 e. The first-order valence-electron chi connectivity index (χ1n) is 6.60. The second-order valence-electron chi connectivity index (χ2n) is 7.50. The summed E-state index contributed by atoms with van der Waals surface area (Å²) in [4.78, 5) is 19.0. The zero-order valence-electron chi connectivity index (χ0n) is 15.9. The fourth-order valence-corrected chi connectivity index (χ4v) is 0. The van der Waals surface area contributed by atoms with Gasteiger partial charge < -0.3 is 28.8 Å². The van der Waals surface area contributed by atoms with Crippen LogP contribution < -0.4 is 10.2 Å². The maximum absolute atomic E-state index is 9.49. The predicted molar refractivity (Wildman–Crippen MR) is 87.6 cm³/mol. The quantitative estimate of drug-likeness (QED) is 0.497. The minimum Gasteiger partial charge on any atom is -0.545 e. The van der Waals surface area contributed by atoms with Gasteiger partial charge in [-0.25, -0.2) is 0 Å². The molecule has 6 nitrogen and oxygen atoms in total. The topological polar surface area (TPSA) is 80.3 Å². The largest absolute Gasteiger partial charge is 0.545 e. The highest BCUT2D eigenvalue weighted by atomic mass is 16.4. The first-order valence-corrected chi connectivity index (χ1v) is 6.60. The fraction of sp³-hybridized carbons (Fsp3) is 0.625. The number of hydrogen-bond acceptors (Lipinski definition) is 4. The van der Waals surface area contributed by atoms with Crippen LogP contribution in [0.25, 0.3) is 0 Å². The summed E-state index contributed by atoms with van der Waals surface area (Å²) < 4.78 is 2.00. The van der Waals surface area contributed by atoms with Gasteiger partial charge in [-0.2, -0.15) is 0 Å². The Morgan fingerprint density at radius 1 is 0.636 bits per heavy atom. The zero-order valence-corrected chi connectivity index (χ0v) is 15.9. The van der Waals surface area contributed by atoms with E-state index in [-0.39, 0.29) is 11.1 Å². The maximum atomic E-state index is 9.49. The molecule has 0 saturated carbocycles. The molecule has 0 aromatic heterocycles. The third kappa shape index (κ3) is 137. The first-order chi connectivity index (χ1) is 9.29. The molecule has 0 amide bonds. The minimum absolute atomic E-state index is 0.0648. The number of hydrogen-bond donors (Lipinski definition) is 0. The Hall–Kier alpha value is -1.66. The molecular formula is C16H34N2O4. The first kappa shape index (κ1) is 28.5. The molecular weight excluding hydrogens is 284 g/mol. The van der Waals surface area contributed by atoms with Gasteiger partial charge >= 0.3 is 0 Å². The lowest BCUT2D eigenvalue weighted by Crippen LogP contribution is -2.27. The van der Waals surface area contributed by atoms with Crippen LogP contribution in [0, 0.1) is 0 Å². The maximum Gasteiger partial charge on any atom is 0.0675 e. The van der Waals surface area contributed by atoms with Crippen LogP contribution in [0.5, 0.6) is 0 Å². The average molecular weight is 318 g/mol. The van der Waals surface area contributed by atoms with E-state index in [4.69, 9.17) is 0 Å². The van der Waals surface area contributed by atoms with E-state index in [1.54, 1.807) is 0 Å². The molecule has 22 heavy (non-hydrogen) atoms. The highest BCUT2D eigenvalue weighted by molar-refractivity contribution is 5.83. The summed E-state index contributed by atoms with van der Waals surface area (Å²) in [5, 5.41) is 19.0. The molecule has 0 saturated heterocycles. The summed E-state index contributed by atoms with van der Waals surface area (Å²) in [6, 6.07) is 0. The molecule has 0 aromatic carbocycles. The summed E-state index contributed by atoms with van der Waals surface area (Å²) in [5.41, 5.74) is 0.130. The molecule has 0 N–H and O–H groups in total. The van der Waals surface area contributed by atoms with Gasteiger partial charge in [0.05, 0.1) is 68.3 Å². The number of carboxylic acids is 2. The third-order valence-corrected chi connectivity index (χ3v) is 0.697. The van der Waals surface area contributed by atoms with Crippen molar-refractivity contribution in [2.75, 3.05) is 56.4 Å². The predicted octanol–water partition coefficient (Wildman–Crippen LogP) is -0.730. The summed E-state index contributed by atoms with van der Waals surface area (Å²) in [6.45, 7) is 8.95. The van der Waals surface area contributed by atoms with Gasteiger partial charge in [-0.1, -0.05) is 13.2 Å². The van der Waals surface area contributed by atoms with Gasteiger partial charge in [0.25, 0.3) is 0 Å². The summed E-state index contributed by atoms with van der Waals surface area (Å²) in [5.74, 6) is -2.37. The highest BCUT2D eigenvalue weighted by Crippen LogP contribution is 1.78. The van der Waals surface area contributed by atoms with E-state index in [0.29, 0.717) is 0 Å². The lowest BCUT2D eigenvalue weighted by Gasteiger charge is -2.14. The standard InChI is InChI=1S/2C4H12N.2C4H6O2/c2*1-5(2,3)4;2*1-3(2)4(5)6/h2*1-4H3;2*1H2,2H3,(H,5,6)/q2*+1;;/p-2. The Kier molecular flexibility index (Phi) is 16.9. The van der Waals surface area contributed by atoms with Crippen molar-refractivity contribution in [2.24, 2.45) is 0 Å². The van der Waals surface area contributed by atoms with E-state index >= 15 is 0 Å². The van der Waals surface area contributed by atoms with E-state index in [0.717, 1.165) is 8.97 Å². The molecule has 0 fully saturated rings. The van der Waals surface area contributed by atoms with Crippen molar-refractivity contribution >= 4 is 11.9 Å². The number of aliphatic carboxylic acids is 2. The second-order valence-corrected chi connectivity index (χ2v) is 7.50. The van der Waals surface area contributed by atoms with E-state index in [1.807, 2.05) is 0 Å². The van der Waals surface area contributed by atoms with Crippen LogP contribution in [0.15, 0.2) is 24.3 Å². The monoisotopic (exact) mass is 318 g/mol. The second kappa shape index (κ2) is 13.0. The number of quaternary nitrogens is 2. The molecule has 0 radical (unpaired) electrons. The van der Waals surface area contributed by atoms with Gasteiger partial charge in [0.15, 0.2) is 0 Å². The summed E-state index contributed by atoms with van der Waals surface area (Å²) in [6.07, 6.45) is 0. The number of carboxylic acid groups (broad SMARTS) is 2. The number of nitrogens with zero attached hydrogens (tertiary/aromatic N) is 2. The molecule has 0 aliphatic heterocycles. The van der Waals surface area contributed by atoms with E-state index in [9.17, 15) is 19.8 Å². The Labute approximate surface area is 136 Å². The molecule has 0 bridgehead atoms. The van der Waals surface area contributed by atoms with Crippen molar-refractivity contribution in [3.05, 3.63) is 24.3 Å². The Morgan fingerprint density at radius 3 is 0.682 bits per heavy atom. The van der Waals surface area contributed by atoms with Crippen molar-refractivity contribution < 1.29 is 28.8 Å². The van der Waals surface area contributed by atoms with Crippen LogP contribution in [-0.2, 0) is 9.59 Å². The van der Waals surface area contributed by atoms with Gasteiger partial charge in [0.2, 0.25) is 0 Å². The molecule has 0 unspecified atom stereocenters. The number of carbonyl (C=O) groups excluding carboxylic acids is 2. The molecule has 132 valence electrons. The van der Waals surface area contributed by atoms with Gasteiger partial charge in [-0.3, -0.25) is 0 Å². The van der Waals surface area contributed by atoms with E-state index in [2.05, 4.69) is 69.5 Å². The molecule has 0 aliphatic carbocycles. The molecule has 0 aliphatic rings. The van der Waals surface area contributed by atoms with Crippen molar-refractivity contribution in [3.63, 3.8) is 0 Å². The van der Waals surface area contributed by atoms with E-state index < -0.39 is 11.9 Å². The molecule has 0 spiro atoms. The van der Waals surface area contributed by atoms with Gasteiger partial charge in [-0.05, 0) is 25.0 Å². The normalized spacial score (nSPS) is 9.55. The molecule has 6 heteroatoms. The molecule has 0 aromatic rings. The Balaban J connectivity index is -0.0000000986. The van der Waals surface area contributed by atoms with Crippen molar-refractivity contribution in [2.45, 2.75) is 13.8 Å². The van der Waals surface area contributed by atoms with Crippen LogP contribution in [-0.4, -0.2) is 77.3 Å². The third-order valence-electron chi connectivity index (χ3n) is 0.697. The lowest BCUT2D eigenvalue weighted by molar-refractivity contribution is -0.849. The van der Waals surface area contributed by atoms with Crippen molar-refractivity contribution in [1.82, 2.24) is 0 Å². The van der Waals surface area contributed by atoms with Crippen LogP contribution >= 0.6 is 0 Å². The van der Waals surface area contributed by atoms with Crippen molar-refractivity contribution in [1.29, 1.82) is 0 Å². The minimum atomic E-state index is -1.19. The van der Waals surface area contributed by atoms with Crippen LogP contribution in [0.3, 0.4) is 0 Å². The molecule has 0 atom stereocenters. The van der Waals surface area contributed by atoms with Crippen LogP contribution in [0.4, 0.5) is 0 Å². The van der Waals surface area contributed by atoms with Crippen LogP contribution in [0.1, 0.15) is 13.8 Å². The fourth-order valence-electron chi connectivity index (χ4n) is 0. The van der Waals surface area contributed by atoms with Crippen molar-refractivity contribution in [3.8, 4) is 0 Å². The highest BCUT2D eigenvalue weighted by Gasteiger charge is 1.88. The molecule has 0 heterocycles. The number of rotatable bonds is 2. The zero-order chi connectivity index (χ0) is 19.3. The van der Waals surface area contributed by atoms with Gasteiger partial charge in [0.1, 0.15) is 0 Å². The Morgan fingerprint density at radius 2 is 0.682 bits per heavy atom. The Bertz CT molecular complexity index is 289. The number of carbonyl (C=O) groups is 2. The average Bonchev–Trinajstić information content (AvgIpc) is 2.12. The summed E-state index contributed by atoms with van der Waals surface area (Å²) in [7, 11) is 17.0. The van der Waals surface area contributed by atoms with Gasteiger partial charge in [-0.15, -0.1) is 0 Å². The summed E-state index contributed by atoms with van der Waals surface area (Å²) >= 11 is 0. The van der Waals surface area contributed by atoms with E-state index in [1.165, 1.54) is 13.8 Å². The SMILES string of the molecule is C=C(C)C(=O)[O-].C=C(C)C(=O)[O-].C[N+](C)(C)C.C[N+](C)(C)C. The lowest BCUT2D eigenvalue weighted by atomic mass is 10.4. The van der Waals surface area contributed by atoms with Crippen LogP contribution in [0.2, 0.25) is 0 Å².